The maximum atomic E-state index is 13.2. The van der Waals surface area contributed by atoms with E-state index in [0.717, 1.165) is 108 Å². The molecule has 0 aromatic carbocycles. The molecule has 17 nitrogen and oxygen atoms in total. The summed E-state index contributed by atoms with van der Waals surface area (Å²) in [5, 5.41) is 10.7. The van der Waals surface area contributed by atoms with Crippen molar-refractivity contribution in [3.05, 3.63) is 0 Å². The second kappa shape index (κ2) is 80.3. The van der Waals surface area contributed by atoms with Crippen molar-refractivity contribution in [2.24, 2.45) is 11.8 Å². The van der Waals surface area contributed by atoms with Gasteiger partial charge in [0.05, 0.1) is 26.4 Å². The molecule has 108 heavy (non-hydrogen) atoms. The number of hydrogen-bond acceptors (Lipinski definition) is 15. The zero-order valence-corrected chi connectivity index (χ0v) is 73.0. The SMILES string of the molecule is CCCCCCCCCCCCCCCCCCCCCCCC(=O)OC[C@H](COP(=O)(O)OC[C@@H](O)COP(=O)(O)OC[C@@H](COC(=O)CCCCCCCCC(C)CC)OC(=O)CCCCCCCCCCCCCCCCCC)OC(=O)CCCCCCCCCCCCCCCCCCCCC(C)C. The largest absolute Gasteiger partial charge is 0.472 e. The highest BCUT2D eigenvalue weighted by Crippen LogP contribution is 2.45. The molecule has 0 heterocycles. The van der Waals surface area contributed by atoms with Gasteiger partial charge in [0, 0.05) is 25.7 Å². The molecule has 0 spiro atoms. The molecule has 3 N–H and O–H groups in total. The van der Waals surface area contributed by atoms with Crippen molar-refractivity contribution in [1.29, 1.82) is 0 Å². The Morgan fingerprint density at radius 1 is 0.269 bits per heavy atom. The Bertz CT molecular complexity index is 2070. The van der Waals surface area contributed by atoms with Crippen LogP contribution in [0.1, 0.15) is 478 Å². The number of aliphatic hydroxyl groups excluding tert-OH is 1. The Morgan fingerprint density at radius 2 is 0.472 bits per heavy atom. The molecule has 0 aromatic heterocycles. The van der Waals surface area contributed by atoms with E-state index in [0.29, 0.717) is 25.7 Å². The van der Waals surface area contributed by atoms with Crippen LogP contribution in [0.25, 0.3) is 0 Å². The first-order chi connectivity index (χ1) is 52.4. The van der Waals surface area contributed by atoms with Gasteiger partial charge in [-0.1, -0.05) is 427 Å². The molecule has 0 aliphatic rings. The van der Waals surface area contributed by atoms with Gasteiger partial charge in [0.2, 0.25) is 0 Å². The molecule has 0 fully saturated rings. The molecule has 0 radical (unpaired) electrons. The molecule has 0 rings (SSSR count). The number of hydrogen-bond donors (Lipinski definition) is 3. The van der Waals surface area contributed by atoms with Crippen LogP contribution < -0.4 is 0 Å². The predicted molar refractivity (Wildman–Crippen MR) is 446 cm³/mol. The minimum Gasteiger partial charge on any atom is -0.462 e. The molecule has 0 amide bonds. The molecular weight excluding hydrogens is 1400 g/mol. The van der Waals surface area contributed by atoms with Crippen molar-refractivity contribution in [2.75, 3.05) is 39.6 Å². The van der Waals surface area contributed by atoms with Crippen molar-refractivity contribution in [3.63, 3.8) is 0 Å². The number of carbonyl (C=O) groups excluding carboxylic acids is 4. The average Bonchev–Trinajstić information content (AvgIpc) is 0.898. The lowest BCUT2D eigenvalue weighted by Crippen LogP contribution is -2.30. The molecule has 642 valence electrons. The van der Waals surface area contributed by atoms with Gasteiger partial charge in [-0.15, -0.1) is 0 Å². The highest BCUT2D eigenvalue weighted by Gasteiger charge is 2.31. The van der Waals surface area contributed by atoms with E-state index in [1.807, 2.05) is 0 Å². The normalized spacial score (nSPS) is 14.0. The summed E-state index contributed by atoms with van der Waals surface area (Å²) in [6, 6.07) is 0. The number of rotatable bonds is 88. The molecule has 0 bridgehead atoms. The zero-order chi connectivity index (χ0) is 79.2. The van der Waals surface area contributed by atoms with Crippen LogP contribution in [0.15, 0.2) is 0 Å². The zero-order valence-electron chi connectivity index (χ0n) is 71.2. The van der Waals surface area contributed by atoms with Crippen molar-refractivity contribution < 1.29 is 80.2 Å². The summed E-state index contributed by atoms with van der Waals surface area (Å²) >= 11 is 0. The van der Waals surface area contributed by atoms with Crippen molar-refractivity contribution in [3.8, 4) is 0 Å². The molecule has 3 unspecified atom stereocenters. The average molecular weight is 1580 g/mol. The van der Waals surface area contributed by atoms with E-state index in [1.54, 1.807) is 0 Å². The van der Waals surface area contributed by atoms with E-state index in [2.05, 4.69) is 41.5 Å². The summed E-state index contributed by atoms with van der Waals surface area (Å²) < 4.78 is 69.0. The second-order valence-electron chi connectivity index (χ2n) is 32.7. The summed E-state index contributed by atoms with van der Waals surface area (Å²) in [6.45, 7) is 9.68. The number of ether oxygens (including phenoxy) is 4. The minimum absolute atomic E-state index is 0.108. The number of phosphoric acid groups is 2. The molecule has 6 atom stereocenters. The Kier molecular flexibility index (Phi) is 78.8. The lowest BCUT2D eigenvalue weighted by molar-refractivity contribution is -0.161. The second-order valence-corrected chi connectivity index (χ2v) is 35.6. The molecule has 0 saturated heterocycles. The third kappa shape index (κ3) is 80.7. The molecule has 0 saturated carbocycles. The van der Waals surface area contributed by atoms with E-state index in [1.165, 1.54) is 289 Å². The fraction of sp³-hybridized carbons (Fsp3) is 0.955. The van der Waals surface area contributed by atoms with Crippen LogP contribution in [0.4, 0.5) is 0 Å². The van der Waals surface area contributed by atoms with Crippen LogP contribution in [-0.2, 0) is 65.4 Å². The number of carbonyl (C=O) groups is 4. The summed E-state index contributed by atoms with van der Waals surface area (Å²) in [7, 11) is -9.93. The number of esters is 4. The van der Waals surface area contributed by atoms with Crippen molar-refractivity contribution in [1.82, 2.24) is 0 Å². The summed E-state index contributed by atoms with van der Waals surface area (Å²) in [6.07, 6.45) is 73.8. The smallest absolute Gasteiger partial charge is 0.462 e. The van der Waals surface area contributed by atoms with E-state index >= 15 is 0 Å². The van der Waals surface area contributed by atoms with Gasteiger partial charge in [0.25, 0.3) is 0 Å². The standard InChI is InChI=1S/C89H174O17P2/c1-7-10-12-14-16-18-20-22-24-26-27-28-29-33-37-40-44-48-52-59-65-71-86(91)99-77-84(105-88(93)73-68-62-54-50-46-42-38-34-31-30-32-35-39-43-47-51-57-63-69-81(4)5)79-103-107(95,96)101-75-83(90)76-102-108(97,98)104-80-85(78-100-87(92)72-66-60-56-55-58-64-70-82(6)9-3)106-89(94)74-67-61-53-49-45-41-36-25-23-21-19-17-15-13-11-8-2/h81-85,90H,7-80H2,1-6H3,(H,95,96)(H,97,98)/t82?,83-,84-,85-/m1/s1. The lowest BCUT2D eigenvalue weighted by atomic mass is 10.00. The van der Waals surface area contributed by atoms with Gasteiger partial charge >= 0.3 is 39.5 Å². The number of unbranched alkanes of at least 4 members (excludes halogenated alkanes) is 57. The monoisotopic (exact) mass is 1580 g/mol. The van der Waals surface area contributed by atoms with Crippen molar-refractivity contribution in [2.45, 2.75) is 496 Å². The van der Waals surface area contributed by atoms with Crippen LogP contribution >= 0.6 is 15.6 Å². The van der Waals surface area contributed by atoms with Crippen molar-refractivity contribution >= 4 is 39.5 Å². The van der Waals surface area contributed by atoms with Gasteiger partial charge in [-0.05, 0) is 37.5 Å². The topological polar surface area (TPSA) is 237 Å². The van der Waals surface area contributed by atoms with E-state index in [4.69, 9.17) is 37.0 Å². The Labute approximate surface area is 664 Å². The number of aliphatic hydroxyl groups is 1. The summed E-state index contributed by atoms with van der Waals surface area (Å²) in [5.74, 6) is -0.549. The van der Waals surface area contributed by atoms with E-state index in [9.17, 15) is 43.2 Å². The van der Waals surface area contributed by atoms with Crippen LogP contribution in [0.3, 0.4) is 0 Å². The van der Waals surface area contributed by atoms with E-state index < -0.39 is 97.5 Å². The summed E-state index contributed by atoms with van der Waals surface area (Å²) in [4.78, 5) is 73.3. The third-order valence-corrected chi connectivity index (χ3v) is 23.2. The molecule has 0 aliphatic carbocycles. The van der Waals surface area contributed by atoms with Gasteiger partial charge in [0.1, 0.15) is 19.3 Å². The first-order valence-electron chi connectivity index (χ1n) is 46.0. The van der Waals surface area contributed by atoms with Crippen LogP contribution in [0.2, 0.25) is 0 Å². The maximum absolute atomic E-state index is 13.2. The predicted octanol–water partition coefficient (Wildman–Crippen LogP) is 27.4. The van der Waals surface area contributed by atoms with Gasteiger partial charge in [-0.3, -0.25) is 37.3 Å². The Balaban J connectivity index is 5.22. The quantitative estimate of drug-likeness (QED) is 0.0222. The Hall–Kier alpha value is -1.94. The maximum Gasteiger partial charge on any atom is 0.472 e. The molecule has 0 aliphatic heterocycles. The van der Waals surface area contributed by atoms with Gasteiger partial charge < -0.3 is 33.8 Å². The van der Waals surface area contributed by atoms with Crippen LogP contribution in [0, 0.1) is 11.8 Å². The third-order valence-electron chi connectivity index (χ3n) is 21.3. The molecular formula is C89H174O17P2. The molecule has 0 aromatic rings. The van der Waals surface area contributed by atoms with Gasteiger partial charge in [0.15, 0.2) is 12.2 Å². The van der Waals surface area contributed by atoms with Gasteiger partial charge in [-0.2, -0.15) is 0 Å². The minimum atomic E-state index is -4.97. The van der Waals surface area contributed by atoms with E-state index in [-0.39, 0.29) is 25.7 Å². The van der Waals surface area contributed by atoms with Crippen LogP contribution in [-0.4, -0.2) is 96.7 Å². The number of phosphoric ester groups is 2. The lowest BCUT2D eigenvalue weighted by Gasteiger charge is -2.21. The highest BCUT2D eigenvalue weighted by molar-refractivity contribution is 7.47. The first kappa shape index (κ1) is 106. The first-order valence-corrected chi connectivity index (χ1v) is 49.0. The van der Waals surface area contributed by atoms with Crippen LogP contribution in [0.5, 0.6) is 0 Å². The van der Waals surface area contributed by atoms with Gasteiger partial charge in [-0.25, -0.2) is 9.13 Å². The molecule has 19 heteroatoms. The Morgan fingerprint density at radius 3 is 0.704 bits per heavy atom. The fourth-order valence-electron chi connectivity index (χ4n) is 13.9. The highest BCUT2D eigenvalue weighted by atomic mass is 31.2. The summed E-state index contributed by atoms with van der Waals surface area (Å²) in [5.41, 5.74) is 0. The fourth-order valence-corrected chi connectivity index (χ4v) is 15.5.